The van der Waals surface area contributed by atoms with Gasteiger partial charge >= 0.3 is 0 Å². The van der Waals surface area contributed by atoms with Crippen LogP contribution in [0.25, 0.3) is 0 Å². The van der Waals surface area contributed by atoms with E-state index in [1.165, 1.54) is 0 Å². The Morgan fingerprint density at radius 2 is 2.00 bits per heavy atom. The third-order valence-corrected chi connectivity index (χ3v) is 3.94. The zero-order chi connectivity index (χ0) is 16.2. The molecule has 1 aliphatic rings. The highest BCUT2D eigenvalue weighted by molar-refractivity contribution is 5.93. The van der Waals surface area contributed by atoms with Crippen LogP contribution in [-0.4, -0.2) is 24.7 Å². The van der Waals surface area contributed by atoms with Crippen LogP contribution >= 0.6 is 0 Å². The van der Waals surface area contributed by atoms with Crippen molar-refractivity contribution in [2.24, 2.45) is 5.73 Å². The minimum Gasteiger partial charge on any atom is -0.457 e. The van der Waals surface area contributed by atoms with Crippen LogP contribution in [0, 0.1) is 0 Å². The molecule has 0 unspecified atom stereocenters. The van der Waals surface area contributed by atoms with Crippen LogP contribution in [0.1, 0.15) is 23.7 Å². The minimum atomic E-state index is -0.470. The number of primary amides is 1. The minimum absolute atomic E-state index is 0.225. The second-order valence-corrected chi connectivity index (χ2v) is 5.63. The van der Waals surface area contributed by atoms with Crippen LogP contribution in [0.3, 0.4) is 0 Å². The van der Waals surface area contributed by atoms with Crippen molar-refractivity contribution in [1.29, 1.82) is 0 Å². The summed E-state index contributed by atoms with van der Waals surface area (Å²) >= 11 is 0. The molecule has 1 fully saturated rings. The standard InChI is InChI=1S/C18H20N2O3/c1-12-17(9-10-22-12)20-14-5-7-15(8-6-14)23-16-4-2-3-13(11-16)18(19)21/h2-8,11-12,17,20H,9-10H2,1H3,(H2,19,21)/t12-,17+/m1/s1. The molecule has 2 aromatic rings. The van der Waals surface area contributed by atoms with Gasteiger partial charge in [-0.2, -0.15) is 0 Å². The molecule has 1 amide bonds. The molecule has 3 rings (SSSR count). The smallest absolute Gasteiger partial charge is 0.248 e. The lowest BCUT2D eigenvalue weighted by Gasteiger charge is -2.17. The second kappa shape index (κ2) is 6.71. The van der Waals surface area contributed by atoms with Crippen molar-refractivity contribution in [3.05, 3.63) is 54.1 Å². The number of carbonyl (C=O) groups is 1. The predicted octanol–water partition coefficient (Wildman–Crippen LogP) is 3.17. The van der Waals surface area contributed by atoms with Gasteiger partial charge < -0.3 is 20.5 Å². The number of nitrogens with two attached hydrogens (primary N) is 1. The largest absolute Gasteiger partial charge is 0.457 e. The Bertz CT molecular complexity index is 685. The van der Waals surface area contributed by atoms with Gasteiger partial charge in [0.05, 0.1) is 12.1 Å². The number of rotatable bonds is 5. The second-order valence-electron chi connectivity index (χ2n) is 5.63. The summed E-state index contributed by atoms with van der Waals surface area (Å²) in [7, 11) is 0. The van der Waals surface area contributed by atoms with E-state index in [4.69, 9.17) is 15.2 Å². The summed E-state index contributed by atoms with van der Waals surface area (Å²) in [6.45, 7) is 2.88. The Hall–Kier alpha value is -2.53. The topological polar surface area (TPSA) is 73.6 Å². The van der Waals surface area contributed by atoms with E-state index in [1.54, 1.807) is 24.3 Å². The SMILES string of the molecule is C[C@H]1OCC[C@@H]1Nc1ccc(Oc2cccc(C(N)=O)c2)cc1. The van der Waals surface area contributed by atoms with Crippen molar-refractivity contribution in [3.63, 3.8) is 0 Å². The number of benzene rings is 2. The first-order valence-corrected chi connectivity index (χ1v) is 7.68. The molecule has 2 atom stereocenters. The molecule has 5 heteroatoms. The lowest BCUT2D eigenvalue weighted by Crippen LogP contribution is -2.26. The number of amides is 1. The molecule has 0 aliphatic carbocycles. The molecule has 1 aliphatic heterocycles. The molecule has 120 valence electrons. The molecule has 0 spiro atoms. The first-order chi connectivity index (χ1) is 11.1. The highest BCUT2D eigenvalue weighted by atomic mass is 16.5. The molecular formula is C18H20N2O3. The van der Waals surface area contributed by atoms with Gasteiger partial charge in [-0.1, -0.05) is 6.07 Å². The van der Waals surface area contributed by atoms with Crippen LogP contribution in [0.15, 0.2) is 48.5 Å². The van der Waals surface area contributed by atoms with Crippen LogP contribution in [0.4, 0.5) is 5.69 Å². The molecular weight excluding hydrogens is 292 g/mol. The maximum Gasteiger partial charge on any atom is 0.248 e. The van der Waals surface area contributed by atoms with Gasteiger partial charge in [-0.15, -0.1) is 0 Å². The summed E-state index contributed by atoms with van der Waals surface area (Å²) in [5.74, 6) is 0.815. The predicted molar refractivity (Wildman–Crippen MR) is 88.9 cm³/mol. The summed E-state index contributed by atoms with van der Waals surface area (Å²) in [5, 5.41) is 3.46. The Morgan fingerprint density at radius 1 is 1.22 bits per heavy atom. The van der Waals surface area contributed by atoms with Crippen molar-refractivity contribution in [3.8, 4) is 11.5 Å². The van der Waals surface area contributed by atoms with Gasteiger partial charge in [-0.25, -0.2) is 0 Å². The summed E-state index contributed by atoms with van der Waals surface area (Å²) in [5.41, 5.74) is 6.73. The molecule has 2 aromatic carbocycles. The fraction of sp³-hybridized carbons (Fsp3) is 0.278. The van der Waals surface area contributed by atoms with E-state index in [0.717, 1.165) is 18.7 Å². The van der Waals surface area contributed by atoms with Crippen molar-refractivity contribution in [2.75, 3.05) is 11.9 Å². The normalized spacial score (nSPS) is 20.2. The van der Waals surface area contributed by atoms with E-state index in [2.05, 4.69) is 12.2 Å². The molecule has 0 radical (unpaired) electrons. The molecule has 23 heavy (non-hydrogen) atoms. The lowest BCUT2D eigenvalue weighted by atomic mass is 10.1. The van der Waals surface area contributed by atoms with Crippen LogP contribution < -0.4 is 15.8 Å². The highest BCUT2D eigenvalue weighted by Gasteiger charge is 2.23. The van der Waals surface area contributed by atoms with E-state index < -0.39 is 5.91 Å². The summed E-state index contributed by atoms with van der Waals surface area (Å²) in [6, 6.07) is 14.9. The van der Waals surface area contributed by atoms with Crippen molar-refractivity contribution in [2.45, 2.75) is 25.5 Å². The Labute approximate surface area is 135 Å². The van der Waals surface area contributed by atoms with Crippen LogP contribution in [-0.2, 0) is 4.74 Å². The fourth-order valence-electron chi connectivity index (χ4n) is 2.60. The number of hydrogen-bond acceptors (Lipinski definition) is 4. The fourth-order valence-corrected chi connectivity index (χ4v) is 2.60. The van der Waals surface area contributed by atoms with E-state index in [-0.39, 0.29) is 6.10 Å². The number of carbonyl (C=O) groups excluding carboxylic acids is 1. The van der Waals surface area contributed by atoms with Crippen LogP contribution in [0.2, 0.25) is 0 Å². The van der Waals surface area contributed by atoms with Gasteiger partial charge in [0.2, 0.25) is 5.91 Å². The van der Waals surface area contributed by atoms with Gasteiger partial charge in [-0.3, -0.25) is 4.79 Å². The van der Waals surface area contributed by atoms with E-state index >= 15 is 0 Å². The first-order valence-electron chi connectivity index (χ1n) is 7.68. The quantitative estimate of drug-likeness (QED) is 0.889. The zero-order valence-corrected chi connectivity index (χ0v) is 13.0. The number of anilines is 1. The Morgan fingerprint density at radius 3 is 2.65 bits per heavy atom. The van der Waals surface area contributed by atoms with E-state index in [0.29, 0.717) is 23.1 Å². The van der Waals surface area contributed by atoms with Gasteiger partial charge in [0.1, 0.15) is 11.5 Å². The van der Waals surface area contributed by atoms with Gasteiger partial charge in [0.25, 0.3) is 0 Å². The molecule has 0 saturated carbocycles. The number of nitrogens with one attached hydrogen (secondary N) is 1. The zero-order valence-electron chi connectivity index (χ0n) is 13.0. The summed E-state index contributed by atoms with van der Waals surface area (Å²) < 4.78 is 11.3. The lowest BCUT2D eigenvalue weighted by molar-refractivity contribution is 0.1000. The summed E-state index contributed by atoms with van der Waals surface area (Å²) in [4.78, 5) is 11.2. The average molecular weight is 312 g/mol. The number of hydrogen-bond donors (Lipinski definition) is 2. The molecule has 1 saturated heterocycles. The molecule has 0 bridgehead atoms. The average Bonchev–Trinajstić information content (AvgIpc) is 2.95. The van der Waals surface area contributed by atoms with Gasteiger partial charge in [0, 0.05) is 17.9 Å². The molecule has 3 N–H and O–H groups in total. The van der Waals surface area contributed by atoms with Crippen molar-refractivity contribution >= 4 is 11.6 Å². The van der Waals surface area contributed by atoms with Crippen LogP contribution in [0.5, 0.6) is 11.5 Å². The molecule has 5 nitrogen and oxygen atoms in total. The van der Waals surface area contributed by atoms with Crippen molar-refractivity contribution < 1.29 is 14.3 Å². The van der Waals surface area contributed by atoms with E-state index in [9.17, 15) is 4.79 Å². The third kappa shape index (κ3) is 3.81. The van der Waals surface area contributed by atoms with E-state index in [1.807, 2.05) is 24.3 Å². The summed E-state index contributed by atoms with van der Waals surface area (Å²) in [6.07, 6.45) is 1.24. The monoisotopic (exact) mass is 312 g/mol. The third-order valence-electron chi connectivity index (χ3n) is 3.94. The molecule has 1 heterocycles. The molecule has 0 aromatic heterocycles. The maximum atomic E-state index is 11.2. The van der Waals surface area contributed by atoms with Crippen molar-refractivity contribution in [1.82, 2.24) is 0 Å². The maximum absolute atomic E-state index is 11.2. The van der Waals surface area contributed by atoms with Gasteiger partial charge in [0.15, 0.2) is 0 Å². The number of ether oxygens (including phenoxy) is 2. The van der Waals surface area contributed by atoms with Gasteiger partial charge in [-0.05, 0) is 55.8 Å². The Kier molecular flexibility index (Phi) is 4.48. The highest BCUT2D eigenvalue weighted by Crippen LogP contribution is 2.25. The Balaban J connectivity index is 1.65. The first kappa shape index (κ1) is 15.4.